The van der Waals surface area contributed by atoms with Gasteiger partial charge in [0.2, 0.25) is 0 Å². The molecule has 0 spiro atoms. The van der Waals surface area contributed by atoms with Crippen LogP contribution in [0.3, 0.4) is 0 Å². The molecule has 7 rings (SSSR count). The third-order valence-corrected chi connectivity index (χ3v) is 9.67. The molecule has 3 aromatic carbocycles. The topological polar surface area (TPSA) is 107 Å². The van der Waals surface area contributed by atoms with Crippen molar-refractivity contribution in [2.75, 3.05) is 31.6 Å². The number of hydrogen-bond acceptors (Lipinski definition) is 9. The van der Waals surface area contributed by atoms with Gasteiger partial charge >= 0.3 is 11.8 Å². The Morgan fingerprint density at radius 2 is 1.74 bits per heavy atom. The van der Waals surface area contributed by atoms with Gasteiger partial charge in [-0.1, -0.05) is 42.5 Å². The summed E-state index contributed by atoms with van der Waals surface area (Å²) in [6.07, 6.45) is 3.72. The molecule has 50 heavy (non-hydrogen) atoms. The monoisotopic (exact) mass is 685 g/mol. The number of piperazine rings is 1. The summed E-state index contributed by atoms with van der Waals surface area (Å²) in [7, 11) is 1.49. The summed E-state index contributed by atoms with van der Waals surface area (Å²) in [5, 5.41) is 0.287. The third-order valence-electron chi connectivity index (χ3n) is 9.67. The van der Waals surface area contributed by atoms with Gasteiger partial charge in [-0.3, -0.25) is 14.5 Å². The molecule has 12 heteroatoms. The minimum absolute atomic E-state index is 0.0797. The lowest BCUT2D eigenvalue weighted by Gasteiger charge is -2.41. The summed E-state index contributed by atoms with van der Waals surface area (Å²) < 4.78 is 54.6. The Morgan fingerprint density at radius 1 is 0.980 bits per heavy atom. The van der Waals surface area contributed by atoms with Gasteiger partial charge in [0.25, 0.3) is 0 Å². The number of methoxy groups -OCH3 is 1. The standard InChI is InChI=1S/C38H37F2N3O7/c1-22-19-42(35-30(40)18-28-31(44)13-14-43(26-10-11-26)34(28)36(35)47-3)16-15-41(22)20-32-33(50-38(46)49-32)21-48-37(45)23(2)25-9-12-27(29(39)17-25)24-7-5-4-6-8-24/h4-9,12-14,17-18,22-23,26H,10-11,15-16,19-21H2,1-3H3. The molecule has 10 nitrogen and oxygen atoms in total. The predicted octanol–water partition coefficient (Wildman–Crippen LogP) is 6.39. The van der Waals surface area contributed by atoms with E-state index in [9.17, 15) is 18.8 Å². The zero-order valence-electron chi connectivity index (χ0n) is 28.0. The van der Waals surface area contributed by atoms with Gasteiger partial charge in [-0.2, -0.15) is 0 Å². The number of nitrogens with zero attached hydrogens (tertiary/aromatic N) is 3. The number of benzene rings is 3. The number of carbonyl (C=O) groups is 1. The third kappa shape index (κ3) is 6.42. The molecule has 3 heterocycles. The van der Waals surface area contributed by atoms with Crippen molar-refractivity contribution in [3.05, 3.63) is 116 Å². The summed E-state index contributed by atoms with van der Waals surface area (Å²) in [5.74, 6) is -2.68. The van der Waals surface area contributed by atoms with E-state index >= 15 is 4.39 Å². The molecule has 0 amide bonds. The quantitative estimate of drug-likeness (QED) is 0.155. The van der Waals surface area contributed by atoms with E-state index in [-0.39, 0.29) is 47.6 Å². The Hall–Kier alpha value is -5.23. The van der Waals surface area contributed by atoms with Gasteiger partial charge in [-0.15, -0.1) is 0 Å². The van der Waals surface area contributed by atoms with Gasteiger partial charge < -0.3 is 27.8 Å². The number of fused-ring (bicyclic) bond motifs is 1. The fraction of sp³-hybridized carbons (Fsp3) is 0.342. The van der Waals surface area contributed by atoms with Gasteiger partial charge in [0, 0.05) is 49.5 Å². The van der Waals surface area contributed by atoms with Gasteiger partial charge in [0.05, 0.1) is 30.5 Å². The molecule has 0 radical (unpaired) electrons. The second-order valence-corrected chi connectivity index (χ2v) is 13.0. The van der Waals surface area contributed by atoms with E-state index in [2.05, 4.69) is 4.90 Å². The lowest BCUT2D eigenvalue weighted by atomic mass is 9.97. The van der Waals surface area contributed by atoms with Crippen molar-refractivity contribution in [2.45, 2.75) is 57.8 Å². The Bertz CT molecular complexity index is 2170. The number of anilines is 1. The van der Waals surface area contributed by atoms with Crippen molar-refractivity contribution >= 4 is 22.6 Å². The van der Waals surface area contributed by atoms with Crippen LogP contribution in [0.4, 0.5) is 14.5 Å². The van der Waals surface area contributed by atoms with Crippen molar-refractivity contribution in [1.82, 2.24) is 9.47 Å². The zero-order valence-corrected chi connectivity index (χ0v) is 28.0. The second kappa shape index (κ2) is 13.6. The van der Waals surface area contributed by atoms with Crippen LogP contribution < -0.4 is 20.9 Å². The maximum absolute atomic E-state index is 15.7. The van der Waals surface area contributed by atoms with Crippen LogP contribution in [0, 0.1) is 11.6 Å². The van der Waals surface area contributed by atoms with Crippen LogP contribution in [0.5, 0.6) is 5.75 Å². The molecular weight excluding hydrogens is 648 g/mol. The number of esters is 1. The number of rotatable bonds is 10. The summed E-state index contributed by atoms with van der Waals surface area (Å²) in [4.78, 5) is 41.8. The van der Waals surface area contributed by atoms with E-state index in [0.29, 0.717) is 47.7 Å². The number of ether oxygens (including phenoxy) is 2. The van der Waals surface area contributed by atoms with Crippen LogP contribution in [0.1, 0.15) is 55.7 Å². The first-order chi connectivity index (χ1) is 24.1. The predicted molar refractivity (Wildman–Crippen MR) is 182 cm³/mol. The van der Waals surface area contributed by atoms with Gasteiger partial charge in [-0.25, -0.2) is 13.6 Å². The van der Waals surface area contributed by atoms with Gasteiger partial charge in [0.15, 0.2) is 35.1 Å². The first kappa shape index (κ1) is 33.3. The molecule has 2 aromatic heterocycles. The van der Waals surface area contributed by atoms with Crippen LogP contribution in [0.25, 0.3) is 22.0 Å². The molecule has 260 valence electrons. The molecule has 2 unspecified atom stereocenters. The van der Waals surface area contributed by atoms with Crippen LogP contribution in [0.2, 0.25) is 0 Å². The highest BCUT2D eigenvalue weighted by atomic mass is 19.1. The average molecular weight is 686 g/mol. The molecule has 2 fully saturated rings. The summed E-state index contributed by atoms with van der Waals surface area (Å²) in [6, 6.07) is 16.7. The largest absolute Gasteiger partial charge is 0.519 e. The fourth-order valence-corrected chi connectivity index (χ4v) is 6.74. The number of halogens is 2. The number of hydrogen-bond donors (Lipinski definition) is 0. The van der Waals surface area contributed by atoms with Crippen LogP contribution in [-0.4, -0.2) is 48.2 Å². The first-order valence-corrected chi connectivity index (χ1v) is 16.7. The van der Waals surface area contributed by atoms with Crippen molar-refractivity contribution < 1.29 is 31.9 Å². The molecule has 0 bridgehead atoms. The number of aromatic nitrogens is 1. The molecule has 1 saturated carbocycles. The van der Waals surface area contributed by atoms with Crippen LogP contribution >= 0.6 is 0 Å². The van der Waals surface area contributed by atoms with Crippen molar-refractivity contribution in [3.8, 4) is 16.9 Å². The molecule has 2 aliphatic rings. The van der Waals surface area contributed by atoms with E-state index in [0.717, 1.165) is 18.4 Å². The first-order valence-electron chi connectivity index (χ1n) is 16.7. The van der Waals surface area contributed by atoms with Crippen LogP contribution in [0.15, 0.2) is 85.3 Å². The highest BCUT2D eigenvalue weighted by Crippen LogP contribution is 2.43. The molecular formula is C38H37F2N3O7. The molecule has 1 aliphatic heterocycles. The van der Waals surface area contributed by atoms with E-state index in [1.165, 1.54) is 25.3 Å². The summed E-state index contributed by atoms with van der Waals surface area (Å²) in [5.41, 5.74) is 2.24. The van der Waals surface area contributed by atoms with Gasteiger partial charge in [-0.05, 0) is 49.9 Å². The van der Waals surface area contributed by atoms with E-state index in [1.807, 2.05) is 46.7 Å². The summed E-state index contributed by atoms with van der Waals surface area (Å²) >= 11 is 0. The zero-order chi connectivity index (χ0) is 35.1. The minimum atomic E-state index is -0.923. The lowest BCUT2D eigenvalue weighted by molar-refractivity contribution is -0.147. The van der Waals surface area contributed by atoms with Crippen LogP contribution in [-0.2, 0) is 22.7 Å². The number of carbonyl (C=O) groups excluding carboxylic acids is 1. The van der Waals surface area contributed by atoms with E-state index in [4.69, 9.17) is 18.3 Å². The number of pyridine rings is 1. The molecule has 5 aromatic rings. The molecule has 1 saturated heterocycles. The summed E-state index contributed by atoms with van der Waals surface area (Å²) in [6.45, 7) is 4.75. The van der Waals surface area contributed by atoms with Crippen molar-refractivity contribution in [1.29, 1.82) is 0 Å². The second-order valence-electron chi connectivity index (χ2n) is 13.0. The van der Waals surface area contributed by atoms with E-state index in [1.54, 1.807) is 25.3 Å². The maximum atomic E-state index is 15.7. The van der Waals surface area contributed by atoms with E-state index < -0.39 is 29.3 Å². The van der Waals surface area contributed by atoms with Gasteiger partial charge in [0.1, 0.15) is 11.5 Å². The Kier molecular flexibility index (Phi) is 9.04. The normalized spacial score (nSPS) is 17.2. The highest BCUT2D eigenvalue weighted by molar-refractivity contribution is 5.91. The Balaban J connectivity index is 1.03. The smallest absolute Gasteiger partial charge is 0.492 e. The SMILES string of the molecule is COc1c(N2CCN(Cc3oc(=O)oc3COC(=O)C(C)c3ccc(-c4ccccc4)c(F)c3)C(C)C2)c(F)cc2c(=O)ccn(C3CC3)c12. The Morgan fingerprint density at radius 3 is 2.44 bits per heavy atom. The molecule has 0 N–H and O–H groups in total. The lowest BCUT2D eigenvalue weighted by Crippen LogP contribution is -2.51. The van der Waals surface area contributed by atoms with Crippen molar-refractivity contribution in [2.24, 2.45) is 0 Å². The average Bonchev–Trinajstić information content (AvgIpc) is 3.90. The molecule has 1 aliphatic carbocycles. The molecule has 2 atom stereocenters. The fourth-order valence-electron chi connectivity index (χ4n) is 6.74. The Labute approximate surface area is 286 Å². The maximum Gasteiger partial charge on any atom is 0.519 e. The minimum Gasteiger partial charge on any atom is -0.492 e. The highest BCUT2D eigenvalue weighted by Gasteiger charge is 2.33. The van der Waals surface area contributed by atoms with Crippen molar-refractivity contribution in [3.63, 3.8) is 0 Å².